The van der Waals surface area contributed by atoms with Crippen LogP contribution >= 0.6 is 0 Å². The van der Waals surface area contributed by atoms with Crippen LogP contribution in [0, 0.1) is 0 Å². The SMILES string of the molecule is CC(C)(C)c1ccc(CC(=O)NCCOC2CCOCC2)cc1. The van der Waals surface area contributed by atoms with Crippen LogP contribution in [0.5, 0.6) is 0 Å². The summed E-state index contributed by atoms with van der Waals surface area (Å²) in [7, 11) is 0. The van der Waals surface area contributed by atoms with Gasteiger partial charge in [-0.1, -0.05) is 45.0 Å². The van der Waals surface area contributed by atoms with Crippen LogP contribution in [0.4, 0.5) is 0 Å². The Morgan fingerprint density at radius 2 is 1.87 bits per heavy atom. The van der Waals surface area contributed by atoms with E-state index >= 15 is 0 Å². The van der Waals surface area contributed by atoms with Crippen LogP contribution in [-0.4, -0.2) is 38.4 Å². The largest absolute Gasteiger partial charge is 0.381 e. The zero-order chi connectivity index (χ0) is 16.7. The van der Waals surface area contributed by atoms with Crippen LogP contribution in [0.3, 0.4) is 0 Å². The molecule has 0 spiro atoms. The van der Waals surface area contributed by atoms with Crippen molar-refractivity contribution in [3.05, 3.63) is 35.4 Å². The molecule has 0 aliphatic carbocycles. The Balaban J connectivity index is 1.66. The van der Waals surface area contributed by atoms with E-state index in [1.807, 2.05) is 12.1 Å². The molecule has 0 atom stereocenters. The lowest BCUT2D eigenvalue weighted by Crippen LogP contribution is -2.31. The van der Waals surface area contributed by atoms with Crippen LogP contribution in [-0.2, 0) is 26.1 Å². The third-order valence-electron chi connectivity index (χ3n) is 4.13. The van der Waals surface area contributed by atoms with Crippen molar-refractivity contribution in [3.63, 3.8) is 0 Å². The lowest BCUT2D eigenvalue weighted by atomic mass is 9.86. The average molecular weight is 319 g/mol. The van der Waals surface area contributed by atoms with Gasteiger partial charge in [-0.25, -0.2) is 0 Å². The summed E-state index contributed by atoms with van der Waals surface area (Å²) in [6.45, 7) is 9.26. The van der Waals surface area contributed by atoms with Gasteiger partial charge in [-0.2, -0.15) is 0 Å². The van der Waals surface area contributed by atoms with Gasteiger partial charge in [0, 0.05) is 19.8 Å². The minimum absolute atomic E-state index is 0.0455. The highest BCUT2D eigenvalue weighted by atomic mass is 16.5. The molecule has 1 N–H and O–H groups in total. The first kappa shape index (κ1) is 18.0. The maximum Gasteiger partial charge on any atom is 0.224 e. The first-order valence-electron chi connectivity index (χ1n) is 8.50. The molecule has 1 aliphatic heterocycles. The molecule has 1 aromatic carbocycles. The molecule has 0 unspecified atom stereocenters. The number of ether oxygens (including phenoxy) is 2. The second-order valence-corrected chi connectivity index (χ2v) is 7.16. The van der Waals surface area contributed by atoms with Crippen molar-refractivity contribution in [2.45, 2.75) is 51.6 Å². The molecule has 1 saturated heterocycles. The molecule has 4 nitrogen and oxygen atoms in total. The monoisotopic (exact) mass is 319 g/mol. The van der Waals surface area contributed by atoms with Crippen molar-refractivity contribution in [2.24, 2.45) is 0 Å². The van der Waals surface area contributed by atoms with Crippen LogP contribution in [0.2, 0.25) is 0 Å². The highest BCUT2D eigenvalue weighted by Crippen LogP contribution is 2.22. The van der Waals surface area contributed by atoms with Crippen LogP contribution in [0.25, 0.3) is 0 Å². The van der Waals surface area contributed by atoms with Crippen molar-refractivity contribution in [3.8, 4) is 0 Å². The molecule has 0 bridgehead atoms. The third kappa shape index (κ3) is 6.32. The summed E-state index contributed by atoms with van der Waals surface area (Å²) in [5, 5.41) is 2.92. The number of rotatable bonds is 6. The molecule has 0 aromatic heterocycles. The molecule has 1 aromatic rings. The topological polar surface area (TPSA) is 47.6 Å². The quantitative estimate of drug-likeness (QED) is 0.820. The van der Waals surface area contributed by atoms with E-state index in [1.54, 1.807) is 0 Å². The Hall–Kier alpha value is -1.39. The fourth-order valence-corrected chi connectivity index (χ4v) is 2.63. The van der Waals surface area contributed by atoms with Gasteiger partial charge in [0.05, 0.1) is 19.1 Å². The summed E-state index contributed by atoms with van der Waals surface area (Å²) in [6, 6.07) is 8.30. The van der Waals surface area contributed by atoms with Gasteiger partial charge in [0.25, 0.3) is 0 Å². The van der Waals surface area contributed by atoms with E-state index < -0.39 is 0 Å². The molecule has 2 rings (SSSR count). The van der Waals surface area contributed by atoms with E-state index in [-0.39, 0.29) is 17.4 Å². The number of nitrogens with one attached hydrogen (secondary N) is 1. The van der Waals surface area contributed by atoms with Crippen molar-refractivity contribution in [1.29, 1.82) is 0 Å². The van der Waals surface area contributed by atoms with Crippen molar-refractivity contribution >= 4 is 5.91 Å². The smallest absolute Gasteiger partial charge is 0.224 e. The molecule has 4 heteroatoms. The van der Waals surface area contributed by atoms with Crippen molar-refractivity contribution < 1.29 is 14.3 Å². The second-order valence-electron chi connectivity index (χ2n) is 7.16. The maximum absolute atomic E-state index is 12.0. The Morgan fingerprint density at radius 1 is 1.22 bits per heavy atom. The van der Waals surface area contributed by atoms with Gasteiger partial charge in [-0.3, -0.25) is 4.79 Å². The van der Waals surface area contributed by atoms with Crippen molar-refractivity contribution in [1.82, 2.24) is 5.32 Å². The maximum atomic E-state index is 12.0. The highest BCUT2D eigenvalue weighted by Gasteiger charge is 2.14. The Morgan fingerprint density at radius 3 is 2.48 bits per heavy atom. The number of benzene rings is 1. The first-order valence-corrected chi connectivity index (χ1v) is 8.50. The number of hydrogen-bond donors (Lipinski definition) is 1. The predicted octanol–water partition coefficient (Wildman–Crippen LogP) is 2.84. The zero-order valence-electron chi connectivity index (χ0n) is 14.6. The van der Waals surface area contributed by atoms with E-state index in [2.05, 4.69) is 38.2 Å². The Kier molecular flexibility index (Phi) is 6.60. The van der Waals surface area contributed by atoms with Gasteiger partial charge >= 0.3 is 0 Å². The minimum Gasteiger partial charge on any atom is -0.381 e. The van der Waals surface area contributed by atoms with E-state index in [9.17, 15) is 4.79 Å². The zero-order valence-corrected chi connectivity index (χ0v) is 14.6. The Labute approximate surface area is 139 Å². The molecule has 1 heterocycles. The summed E-state index contributed by atoms with van der Waals surface area (Å²) in [6.07, 6.45) is 2.61. The average Bonchev–Trinajstić information content (AvgIpc) is 2.52. The summed E-state index contributed by atoms with van der Waals surface area (Å²) in [5.41, 5.74) is 2.47. The fraction of sp³-hybridized carbons (Fsp3) is 0.632. The summed E-state index contributed by atoms with van der Waals surface area (Å²) >= 11 is 0. The fourth-order valence-electron chi connectivity index (χ4n) is 2.63. The summed E-state index contributed by atoms with van der Waals surface area (Å²) in [5.74, 6) is 0.0455. The molecule has 23 heavy (non-hydrogen) atoms. The van der Waals surface area contributed by atoms with E-state index in [0.29, 0.717) is 19.6 Å². The summed E-state index contributed by atoms with van der Waals surface area (Å²) in [4.78, 5) is 12.0. The van der Waals surface area contributed by atoms with E-state index in [0.717, 1.165) is 31.6 Å². The number of carbonyl (C=O) groups excluding carboxylic acids is 1. The molecule has 128 valence electrons. The lowest BCUT2D eigenvalue weighted by Gasteiger charge is -2.22. The van der Waals surface area contributed by atoms with Gasteiger partial charge in [0.2, 0.25) is 5.91 Å². The van der Waals surface area contributed by atoms with Crippen LogP contribution < -0.4 is 5.32 Å². The number of hydrogen-bond acceptors (Lipinski definition) is 3. The van der Waals surface area contributed by atoms with E-state index in [4.69, 9.17) is 9.47 Å². The third-order valence-corrected chi connectivity index (χ3v) is 4.13. The predicted molar refractivity (Wildman–Crippen MR) is 91.6 cm³/mol. The molecule has 1 fully saturated rings. The van der Waals surface area contributed by atoms with Gasteiger partial charge in [-0.15, -0.1) is 0 Å². The standard InChI is InChI=1S/C19H29NO3/c1-19(2,3)16-6-4-15(5-7-16)14-18(21)20-10-13-23-17-8-11-22-12-9-17/h4-7,17H,8-14H2,1-3H3,(H,20,21). The molecular weight excluding hydrogens is 290 g/mol. The normalized spacial score (nSPS) is 16.3. The van der Waals surface area contributed by atoms with Crippen molar-refractivity contribution in [2.75, 3.05) is 26.4 Å². The summed E-state index contributed by atoms with van der Waals surface area (Å²) < 4.78 is 11.0. The van der Waals surface area contributed by atoms with Gasteiger partial charge in [0.1, 0.15) is 0 Å². The molecule has 1 aliphatic rings. The molecule has 0 saturated carbocycles. The number of amides is 1. The minimum atomic E-state index is 0.0455. The second kappa shape index (κ2) is 8.46. The molecule has 0 radical (unpaired) electrons. The molecule has 1 amide bonds. The van der Waals surface area contributed by atoms with E-state index in [1.165, 1.54) is 5.56 Å². The lowest BCUT2D eigenvalue weighted by molar-refractivity contribution is -0.121. The van der Waals surface area contributed by atoms with Gasteiger partial charge in [0.15, 0.2) is 0 Å². The molecular formula is C19H29NO3. The number of carbonyl (C=O) groups is 1. The van der Waals surface area contributed by atoms with Crippen LogP contribution in [0.1, 0.15) is 44.7 Å². The van der Waals surface area contributed by atoms with Gasteiger partial charge < -0.3 is 14.8 Å². The highest BCUT2D eigenvalue weighted by molar-refractivity contribution is 5.78. The van der Waals surface area contributed by atoms with Gasteiger partial charge in [-0.05, 0) is 29.4 Å². The van der Waals surface area contributed by atoms with Crippen LogP contribution in [0.15, 0.2) is 24.3 Å². The Bertz CT molecular complexity index is 484. The first-order chi connectivity index (χ1) is 10.9.